The van der Waals surface area contributed by atoms with Crippen LogP contribution in [0.4, 0.5) is 18.9 Å². The van der Waals surface area contributed by atoms with Crippen molar-refractivity contribution in [2.75, 3.05) is 4.90 Å². The van der Waals surface area contributed by atoms with E-state index < -0.39 is 23.1 Å². The van der Waals surface area contributed by atoms with E-state index >= 15 is 0 Å². The molecule has 0 radical (unpaired) electrons. The smallest absolute Gasteiger partial charge is 0.416 e. The van der Waals surface area contributed by atoms with Gasteiger partial charge in [0.15, 0.2) is 5.78 Å². The van der Waals surface area contributed by atoms with Gasteiger partial charge < -0.3 is 10.5 Å². The minimum atomic E-state index is -4.58. The monoisotopic (exact) mass is 605 g/mol. The molecule has 43 heavy (non-hydrogen) atoms. The van der Waals surface area contributed by atoms with E-state index in [0.29, 0.717) is 34.0 Å². The van der Waals surface area contributed by atoms with Crippen molar-refractivity contribution >= 4 is 23.1 Å². The van der Waals surface area contributed by atoms with E-state index in [2.05, 4.69) is 6.07 Å². The molecule has 1 unspecified atom stereocenters. The summed E-state index contributed by atoms with van der Waals surface area (Å²) >= 11 is 6.29. The fourth-order valence-corrected chi connectivity index (χ4v) is 6.23. The van der Waals surface area contributed by atoms with Gasteiger partial charge in [-0.05, 0) is 78.3 Å². The number of nitrogens with two attached hydrogens (primary N) is 1. The minimum Gasteiger partial charge on any atom is -0.487 e. The Kier molecular flexibility index (Phi) is 7.82. The molecule has 0 amide bonds. The predicted octanol–water partition coefficient (Wildman–Crippen LogP) is 8.50. The van der Waals surface area contributed by atoms with Crippen LogP contribution in [0.2, 0.25) is 5.02 Å². The highest BCUT2D eigenvalue weighted by atomic mass is 35.5. The first-order chi connectivity index (χ1) is 20.2. The number of halogens is 4. The Morgan fingerprint density at radius 3 is 2.47 bits per heavy atom. The van der Waals surface area contributed by atoms with E-state index in [-0.39, 0.29) is 35.9 Å². The number of nitrogens with zero attached hydrogens (tertiary/aromatic N) is 2. The molecule has 5 rings (SSSR count). The number of hydrogen-bond donors (Lipinski definition) is 1. The van der Waals surface area contributed by atoms with Gasteiger partial charge in [-0.15, -0.1) is 0 Å². The molecule has 0 aromatic heterocycles. The number of alkyl halides is 3. The van der Waals surface area contributed by atoms with Gasteiger partial charge >= 0.3 is 6.18 Å². The number of carbonyl (C=O) groups excluding carboxylic acids is 1. The van der Waals surface area contributed by atoms with Crippen LogP contribution in [-0.4, -0.2) is 5.78 Å². The van der Waals surface area contributed by atoms with Crippen molar-refractivity contribution in [3.8, 4) is 11.8 Å². The molecule has 9 heteroatoms. The van der Waals surface area contributed by atoms with E-state index in [9.17, 15) is 23.2 Å². The van der Waals surface area contributed by atoms with Crippen LogP contribution < -0.4 is 15.4 Å². The summed E-state index contributed by atoms with van der Waals surface area (Å²) in [5.74, 6) is -0.422. The summed E-state index contributed by atoms with van der Waals surface area (Å²) in [7, 11) is 0. The number of ether oxygens (including phenoxy) is 1. The molecule has 0 bridgehead atoms. The summed E-state index contributed by atoms with van der Waals surface area (Å²) in [5.41, 5.74) is 9.86. The lowest BCUT2D eigenvalue weighted by molar-refractivity contribution is -0.137. The largest absolute Gasteiger partial charge is 0.487 e. The molecule has 1 heterocycles. The molecule has 3 aromatic rings. The number of hydrogen-bond acceptors (Lipinski definition) is 5. The van der Waals surface area contributed by atoms with Crippen LogP contribution in [0.25, 0.3) is 0 Å². The van der Waals surface area contributed by atoms with Crippen molar-refractivity contribution in [1.29, 1.82) is 5.26 Å². The minimum absolute atomic E-state index is 0.00455. The fraction of sp³-hybridized carbons (Fsp3) is 0.294. The molecule has 2 aliphatic rings. The second-order valence-electron chi connectivity index (χ2n) is 11.9. The molecule has 1 atom stereocenters. The van der Waals surface area contributed by atoms with Crippen LogP contribution in [0.3, 0.4) is 0 Å². The van der Waals surface area contributed by atoms with Gasteiger partial charge in [-0.2, -0.15) is 18.4 Å². The van der Waals surface area contributed by atoms with Crippen molar-refractivity contribution in [3.05, 3.63) is 116 Å². The maximum absolute atomic E-state index is 13.9. The molecular formula is C34H31ClF3N3O2. The second kappa shape index (κ2) is 11.1. The Labute approximate surface area is 254 Å². The molecule has 2 N–H and O–H groups in total. The fourth-order valence-electron chi connectivity index (χ4n) is 6.04. The zero-order valence-corrected chi connectivity index (χ0v) is 25.0. The molecule has 0 spiro atoms. The summed E-state index contributed by atoms with van der Waals surface area (Å²) in [6.45, 7) is 7.93. The predicted molar refractivity (Wildman–Crippen MR) is 160 cm³/mol. The Morgan fingerprint density at radius 2 is 1.79 bits per heavy atom. The lowest BCUT2D eigenvalue weighted by Gasteiger charge is -2.44. The molecular weight excluding hydrogens is 575 g/mol. The van der Waals surface area contributed by atoms with Gasteiger partial charge in [0, 0.05) is 23.4 Å². The zero-order chi connectivity index (χ0) is 31.3. The number of carbonyl (C=O) groups is 1. The lowest BCUT2D eigenvalue weighted by atomic mass is 9.68. The Hall–Kier alpha value is -4.22. The first kappa shape index (κ1) is 30.2. The average molecular weight is 606 g/mol. The normalized spacial score (nSPS) is 18.4. The first-order valence-electron chi connectivity index (χ1n) is 13.8. The topological polar surface area (TPSA) is 79.4 Å². The van der Waals surface area contributed by atoms with Crippen LogP contribution in [0.5, 0.6) is 5.75 Å². The van der Waals surface area contributed by atoms with Crippen LogP contribution in [-0.2, 0) is 17.6 Å². The Bertz CT molecular complexity index is 1730. The number of aryl methyl sites for hydroxylation is 2. The van der Waals surface area contributed by atoms with E-state index in [4.69, 9.17) is 22.1 Å². The number of ketones is 1. The van der Waals surface area contributed by atoms with Crippen LogP contribution in [0.15, 0.2) is 83.3 Å². The summed E-state index contributed by atoms with van der Waals surface area (Å²) in [4.78, 5) is 15.4. The number of allylic oxidation sites excluding steroid dienone is 3. The third kappa shape index (κ3) is 5.74. The quantitative estimate of drug-likeness (QED) is 0.315. The van der Waals surface area contributed by atoms with Crippen molar-refractivity contribution in [1.82, 2.24) is 0 Å². The Morgan fingerprint density at radius 1 is 1.07 bits per heavy atom. The van der Waals surface area contributed by atoms with Crippen molar-refractivity contribution in [2.45, 2.75) is 59.2 Å². The molecule has 1 aliphatic heterocycles. The molecule has 5 nitrogen and oxygen atoms in total. The second-order valence-corrected chi connectivity index (χ2v) is 12.3. The number of benzene rings is 3. The standard InChI is InChI=1S/C34H31ClF3N3O2/c1-19-12-20(2)24(13-21(19)18-43-29-11-6-5-10-26(29)35)30-25(17-39)32(40)41(23-9-7-8-22(14-23)34(36,37)38)27-15-33(3,4)16-28(42)31(27)30/h5-14,30H,15-16,18,40H2,1-4H3. The van der Waals surface area contributed by atoms with Crippen molar-refractivity contribution in [2.24, 2.45) is 11.1 Å². The molecule has 0 fully saturated rings. The number of rotatable bonds is 5. The van der Waals surface area contributed by atoms with Crippen LogP contribution >= 0.6 is 11.6 Å². The molecule has 222 valence electrons. The van der Waals surface area contributed by atoms with Gasteiger partial charge in [0.2, 0.25) is 0 Å². The van der Waals surface area contributed by atoms with Crippen LogP contribution in [0.1, 0.15) is 60.4 Å². The van der Waals surface area contributed by atoms with Gasteiger partial charge in [0.1, 0.15) is 18.2 Å². The summed E-state index contributed by atoms with van der Waals surface area (Å²) in [6.07, 6.45) is -3.97. The third-order valence-corrected chi connectivity index (χ3v) is 8.38. The maximum Gasteiger partial charge on any atom is 0.416 e. The van der Waals surface area contributed by atoms with Crippen molar-refractivity contribution < 1.29 is 22.7 Å². The zero-order valence-electron chi connectivity index (χ0n) is 24.3. The molecule has 0 saturated heterocycles. The molecule has 0 saturated carbocycles. The highest BCUT2D eigenvalue weighted by Gasteiger charge is 2.45. The molecule has 3 aromatic carbocycles. The molecule has 1 aliphatic carbocycles. The summed E-state index contributed by atoms with van der Waals surface area (Å²) in [6, 6.07) is 18.0. The maximum atomic E-state index is 13.9. The van der Waals surface area contributed by atoms with Gasteiger partial charge in [0.25, 0.3) is 0 Å². The van der Waals surface area contributed by atoms with E-state index in [1.165, 1.54) is 17.0 Å². The third-order valence-electron chi connectivity index (χ3n) is 8.07. The van der Waals surface area contributed by atoms with Gasteiger partial charge in [-0.3, -0.25) is 9.69 Å². The number of nitriles is 1. The number of anilines is 1. The SMILES string of the molecule is Cc1cc(C)c(C2C(C#N)=C(N)N(c3cccc(C(F)(F)F)c3)C3=C2C(=O)CC(C)(C)C3)cc1COc1ccccc1Cl. The average Bonchev–Trinajstić information content (AvgIpc) is 2.92. The number of para-hydroxylation sites is 1. The van der Waals surface area contributed by atoms with Gasteiger partial charge in [0.05, 0.1) is 28.1 Å². The van der Waals surface area contributed by atoms with E-state index in [1.807, 2.05) is 52.0 Å². The van der Waals surface area contributed by atoms with E-state index in [1.54, 1.807) is 12.1 Å². The van der Waals surface area contributed by atoms with Gasteiger partial charge in [-0.25, -0.2) is 0 Å². The van der Waals surface area contributed by atoms with Gasteiger partial charge in [-0.1, -0.05) is 55.8 Å². The van der Waals surface area contributed by atoms with Crippen molar-refractivity contribution in [3.63, 3.8) is 0 Å². The Balaban J connectivity index is 1.68. The summed E-state index contributed by atoms with van der Waals surface area (Å²) in [5, 5.41) is 10.9. The highest BCUT2D eigenvalue weighted by Crippen LogP contribution is 2.51. The highest BCUT2D eigenvalue weighted by molar-refractivity contribution is 6.32. The van der Waals surface area contributed by atoms with Crippen LogP contribution in [0, 0.1) is 30.6 Å². The number of Topliss-reactive ketones (excluding diaryl/α,β-unsaturated/α-hetero) is 1. The lowest BCUT2D eigenvalue weighted by Crippen LogP contribution is -2.42. The first-order valence-corrected chi connectivity index (χ1v) is 14.2. The van der Waals surface area contributed by atoms with E-state index in [0.717, 1.165) is 28.8 Å². The summed E-state index contributed by atoms with van der Waals surface area (Å²) < 4.78 is 47.1.